The second kappa shape index (κ2) is 6.09. The summed E-state index contributed by atoms with van der Waals surface area (Å²) in [5.41, 5.74) is 7.61. The van der Waals surface area contributed by atoms with Gasteiger partial charge in [0.05, 0.1) is 12.8 Å². The quantitative estimate of drug-likeness (QED) is 0.838. The third-order valence-electron chi connectivity index (χ3n) is 3.06. The summed E-state index contributed by atoms with van der Waals surface area (Å²) in [4.78, 5) is 13.7. The van der Waals surface area contributed by atoms with Gasteiger partial charge in [-0.2, -0.15) is 0 Å². The van der Waals surface area contributed by atoms with Crippen molar-refractivity contribution in [1.29, 1.82) is 0 Å². The van der Waals surface area contributed by atoms with Gasteiger partial charge in [-0.15, -0.1) is 0 Å². The summed E-state index contributed by atoms with van der Waals surface area (Å²) in [5, 5.41) is 0. The van der Waals surface area contributed by atoms with Gasteiger partial charge in [0.25, 0.3) is 0 Å². The van der Waals surface area contributed by atoms with Crippen LogP contribution in [-0.4, -0.2) is 17.9 Å². The molecular weight excluding hydrogens is 240 g/mol. The van der Waals surface area contributed by atoms with Crippen LogP contribution in [0.2, 0.25) is 0 Å². The molecule has 1 heterocycles. The Morgan fingerprint density at radius 3 is 2.74 bits per heavy atom. The Kier molecular flexibility index (Phi) is 4.23. The van der Waals surface area contributed by atoms with Crippen molar-refractivity contribution in [2.24, 2.45) is 0 Å². The molecule has 1 amide bonds. The number of amides is 1. The van der Waals surface area contributed by atoms with E-state index in [9.17, 15) is 4.79 Å². The summed E-state index contributed by atoms with van der Waals surface area (Å²) >= 11 is 0. The van der Waals surface area contributed by atoms with Crippen LogP contribution >= 0.6 is 0 Å². The molecule has 0 radical (unpaired) electrons. The van der Waals surface area contributed by atoms with Crippen molar-refractivity contribution in [3.05, 3.63) is 54.0 Å². The van der Waals surface area contributed by atoms with Crippen molar-refractivity contribution in [3.8, 4) is 0 Å². The molecule has 19 heavy (non-hydrogen) atoms. The molecule has 100 valence electrons. The van der Waals surface area contributed by atoms with Crippen LogP contribution in [0.4, 0.5) is 5.69 Å². The number of para-hydroxylation sites is 1. The minimum atomic E-state index is 0.0830. The first kappa shape index (κ1) is 13.2. The van der Waals surface area contributed by atoms with Gasteiger partial charge in [-0.1, -0.05) is 18.2 Å². The number of furan rings is 1. The number of benzene rings is 1. The Bertz CT molecular complexity index is 535. The topological polar surface area (TPSA) is 59.5 Å². The van der Waals surface area contributed by atoms with Gasteiger partial charge in [0.1, 0.15) is 5.76 Å². The molecule has 2 aromatic rings. The van der Waals surface area contributed by atoms with Crippen LogP contribution in [0.15, 0.2) is 47.1 Å². The smallest absolute Gasteiger partial charge is 0.223 e. The molecule has 0 spiro atoms. The number of hydrogen-bond donors (Lipinski definition) is 1. The van der Waals surface area contributed by atoms with Crippen molar-refractivity contribution >= 4 is 11.6 Å². The lowest BCUT2D eigenvalue weighted by Crippen LogP contribution is -2.26. The molecule has 1 aromatic heterocycles. The van der Waals surface area contributed by atoms with Gasteiger partial charge in [-0.05, 0) is 30.2 Å². The lowest BCUT2D eigenvalue weighted by molar-refractivity contribution is -0.130. The number of nitrogens with zero attached hydrogens (tertiary/aromatic N) is 1. The van der Waals surface area contributed by atoms with Gasteiger partial charge in [0, 0.05) is 19.2 Å². The molecule has 0 fully saturated rings. The first-order valence-electron chi connectivity index (χ1n) is 6.26. The lowest BCUT2D eigenvalue weighted by Gasteiger charge is -2.16. The molecule has 0 unspecified atom stereocenters. The fourth-order valence-corrected chi connectivity index (χ4v) is 1.92. The molecule has 0 saturated carbocycles. The summed E-state index contributed by atoms with van der Waals surface area (Å²) in [6.45, 7) is 0.496. The summed E-state index contributed by atoms with van der Waals surface area (Å²) in [5.74, 6) is 0.870. The number of rotatable bonds is 5. The fourth-order valence-electron chi connectivity index (χ4n) is 1.92. The Hall–Kier alpha value is -2.23. The van der Waals surface area contributed by atoms with Crippen LogP contribution < -0.4 is 5.73 Å². The highest BCUT2D eigenvalue weighted by molar-refractivity contribution is 5.76. The second-order valence-corrected chi connectivity index (χ2v) is 4.53. The monoisotopic (exact) mass is 258 g/mol. The van der Waals surface area contributed by atoms with E-state index in [-0.39, 0.29) is 5.91 Å². The van der Waals surface area contributed by atoms with E-state index in [1.807, 2.05) is 36.4 Å². The molecule has 2 rings (SSSR count). The molecule has 1 aromatic carbocycles. The average Bonchev–Trinajstić information content (AvgIpc) is 2.90. The van der Waals surface area contributed by atoms with E-state index >= 15 is 0 Å². The summed E-state index contributed by atoms with van der Waals surface area (Å²) < 4.78 is 5.22. The van der Waals surface area contributed by atoms with Crippen molar-refractivity contribution in [2.75, 3.05) is 12.8 Å². The normalized spacial score (nSPS) is 10.4. The largest absolute Gasteiger partial charge is 0.467 e. The first-order valence-corrected chi connectivity index (χ1v) is 6.26. The predicted molar refractivity (Wildman–Crippen MR) is 74.4 cm³/mol. The number of carbonyl (C=O) groups is 1. The zero-order valence-electron chi connectivity index (χ0n) is 11.0. The fraction of sp³-hybridized carbons (Fsp3) is 0.267. The Labute approximate surface area is 112 Å². The van der Waals surface area contributed by atoms with Crippen molar-refractivity contribution in [1.82, 2.24) is 4.90 Å². The zero-order valence-corrected chi connectivity index (χ0v) is 11.0. The van der Waals surface area contributed by atoms with E-state index in [4.69, 9.17) is 10.2 Å². The van der Waals surface area contributed by atoms with Gasteiger partial charge < -0.3 is 15.1 Å². The molecular formula is C15H18N2O2. The lowest BCUT2D eigenvalue weighted by atomic mass is 10.1. The number of nitrogens with two attached hydrogens (primary N) is 1. The van der Waals surface area contributed by atoms with E-state index in [2.05, 4.69) is 0 Å². The zero-order chi connectivity index (χ0) is 13.7. The second-order valence-electron chi connectivity index (χ2n) is 4.53. The van der Waals surface area contributed by atoms with E-state index in [0.29, 0.717) is 19.4 Å². The molecule has 0 aliphatic heterocycles. The molecule has 4 nitrogen and oxygen atoms in total. The average molecular weight is 258 g/mol. The number of anilines is 1. The van der Waals surface area contributed by atoms with Gasteiger partial charge in [0.2, 0.25) is 5.91 Å². The molecule has 0 bridgehead atoms. The third kappa shape index (κ3) is 3.61. The van der Waals surface area contributed by atoms with Crippen molar-refractivity contribution < 1.29 is 9.21 Å². The highest BCUT2D eigenvalue weighted by atomic mass is 16.3. The minimum Gasteiger partial charge on any atom is -0.467 e. The van der Waals surface area contributed by atoms with Crippen LogP contribution in [0.3, 0.4) is 0 Å². The van der Waals surface area contributed by atoms with Crippen LogP contribution in [0.25, 0.3) is 0 Å². The third-order valence-corrected chi connectivity index (χ3v) is 3.06. The number of carbonyl (C=O) groups excluding carboxylic acids is 1. The first-order chi connectivity index (χ1) is 9.16. The van der Waals surface area contributed by atoms with Crippen molar-refractivity contribution in [2.45, 2.75) is 19.4 Å². The molecule has 2 N–H and O–H groups in total. The maximum atomic E-state index is 12.0. The standard InChI is InChI=1S/C15H18N2O2/c1-17(11-13-6-4-10-19-13)15(18)9-8-12-5-2-3-7-14(12)16/h2-7,10H,8-9,11,16H2,1H3. The number of nitrogen functional groups attached to an aromatic ring is 1. The van der Waals surface area contributed by atoms with Crippen LogP contribution in [-0.2, 0) is 17.8 Å². The van der Waals surface area contributed by atoms with E-state index in [1.54, 1.807) is 18.2 Å². The summed E-state index contributed by atoms with van der Waals surface area (Å²) in [6, 6.07) is 11.3. The summed E-state index contributed by atoms with van der Waals surface area (Å²) in [6.07, 6.45) is 2.72. The van der Waals surface area contributed by atoms with Gasteiger partial charge in [-0.25, -0.2) is 0 Å². The number of aryl methyl sites for hydroxylation is 1. The Morgan fingerprint density at radius 2 is 2.05 bits per heavy atom. The predicted octanol–water partition coefficient (Wildman–Crippen LogP) is 2.45. The van der Waals surface area contributed by atoms with Crippen LogP contribution in [0.5, 0.6) is 0 Å². The maximum absolute atomic E-state index is 12.0. The molecule has 0 aliphatic carbocycles. The van der Waals surface area contributed by atoms with Crippen molar-refractivity contribution in [3.63, 3.8) is 0 Å². The Morgan fingerprint density at radius 1 is 1.26 bits per heavy atom. The minimum absolute atomic E-state index is 0.0830. The van der Waals surface area contributed by atoms with Gasteiger partial charge in [-0.3, -0.25) is 4.79 Å². The molecule has 0 atom stereocenters. The summed E-state index contributed by atoms with van der Waals surface area (Å²) in [7, 11) is 1.78. The molecule has 0 aliphatic rings. The number of hydrogen-bond acceptors (Lipinski definition) is 3. The SMILES string of the molecule is CN(Cc1ccco1)C(=O)CCc1ccccc1N. The van der Waals surface area contributed by atoms with Gasteiger partial charge >= 0.3 is 0 Å². The van der Waals surface area contributed by atoms with E-state index in [1.165, 1.54) is 0 Å². The van der Waals surface area contributed by atoms with Gasteiger partial charge in [0.15, 0.2) is 0 Å². The van der Waals surface area contributed by atoms with Crippen LogP contribution in [0, 0.1) is 0 Å². The maximum Gasteiger partial charge on any atom is 0.223 e. The van der Waals surface area contributed by atoms with Crippen LogP contribution in [0.1, 0.15) is 17.7 Å². The van der Waals surface area contributed by atoms with E-state index in [0.717, 1.165) is 17.0 Å². The molecule has 4 heteroatoms. The highest BCUT2D eigenvalue weighted by Crippen LogP contribution is 2.13. The molecule has 0 saturated heterocycles. The Balaban J connectivity index is 1.86. The highest BCUT2D eigenvalue weighted by Gasteiger charge is 2.11. The van der Waals surface area contributed by atoms with E-state index < -0.39 is 0 Å².